The van der Waals surface area contributed by atoms with Gasteiger partial charge in [0, 0.05) is 18.0 Å². The molecule has 0 unspecified atom stereocenters. The molecular formula is C6H10N8O. The summed E-state index contributed by atoms with van der Waals surface area (Å²) in [6.07, 6.45) is 1.98. The van der Waals surface area contributed by atoms with Gasteiger partial charge in [0.15, 0.2) is 0 Å². The molecule has 0 saturated carbocycles. The molecule has 1 aromatic rings. The summed E-state index contributed by atoms with van der Waals surface area (Å²) in [6.45, 7) is 0.941. The highest BCUT2D eigenvalue weighted by atomic mass is 16.2. The van der Waals surface area contributed by atoms with E-state index >= 15 is 0 Å². The number of hydrogen-bond donors (Lipinski definition) is 1. The van der Waals surface area contributed by atoms with Crippen LogP contribution in [0.25, 0.3) is 10.4 Å². The number of tetrazole rings is 1. The number of aromatic nitrogens is 4. The molecule has 1 heterocycles. The monoisotopic (exact) mass is 210 g/mol. The Labute approximate surface area is 85.1 Å². The first kappa shape index (κ1) is 10.9. The van der Waals surface area contributed by atoms with Gasteiger partial charge in [-0.1, -0.05) is 5.11 Å². The molecule has 0 spiro atoms. The Morgan fingerprint density at radius 3 is 3.20 bits per heavy atom. The quantitative estimate of drug-likeness (QED) is 0.294. The third-order valence-corrected chi connectivity index (χ3v) is 1.52. The van der Waals surface area contributed by atoms with Crippen molar-refractivity contribution in [2.75, 3.05) is 13.1 Å². The van der Waals surface area contributed by atoms with E-state index < -0.39 is 0 Å². The number of rotatable bonds is 6. The first-order valence-corrected chi connectivity index (χ1v) is 4.31. The van der Waals surface area contributed by atoms with Gasteiger partial charge in [0.25, 0.3) is 0 Å². The summed E-state index contributed by atoms with van der Waals surface area (Å²) in [5.41, 5.74) is 7.99. The minimum absolute atomic E-state index is 0.0918. The molecule has 0 aliphatic carbocycles. The van der Waals surface area contributed by atoms with Crippen LogP contribution in [0.3, 0.4) is 0 Å². The van der Waals surface area contributed by atoms with E-state index in [4.69, 9.17) is 5.53 Å². The number of amides is 1. The summed E-state index contributed by atoms with van der Waals surface area (Å²) in [4.78, 5) is 13.8. The molecule has 9 heteroatoms. The Bertz CT molecular complexity index is 340. The standard InChI is InChI=1S/C6H10N8O/c7-11-9-3-1-2-8-6(15)4-14-5-10-12-13-14/h5H,1-4H2,(H,8,15). The Kier molecular flexibility index (Phi) is 4.61. The van der Waals surface area contributed by atoms with Gasteiger partial charge in [-0.2, -0.15) is 0 Å². The zero-order chi connectivity index (χ0) is 10.9. The molecule has 15 heavy (non-hydrogen) atoms. The summed E-state index contributed by atoms with van der Waals surface area (Å²) in [5.74, 6) is -0.178. The molecule has 0 atom stereocenters. The number of nitrogens with one attached hydrogen (secondary N) is 1. The fourth-order valence-corrected chi connectivity index (χ4v) is 0.878. The van der Waals surface area contributed by atoms with Crippen LogP contribution in [0.2, 0.25) is 0 Å². The Balaban J connectivity index is 2.11. The van der Waals surface area contributed by atoms with Gasteiger partial charge < -0.3 is 5.32 Å². The van der Waals surface area contributed by atoms with E-state index in [1.807, 2.05) is 0 Å². The van der Waals surface area contributed by atoms with Crippen molar-refractivity contribution in [2.24, 2.45) is 5.11 Å². The maximum atomic E-state index is 11.2. The molecule has 1 rings (SSSR count). The minimum atomic E-state index is -0.178. The molecule has 1 amide bonds. The van der Waals surface area contributed by atoms with Gasteiger partial charge in [-0.15, -0.1) is 5.10 Å². The lowest BCUT2D eigenvalue weighted by molar-refractivity contribution is -0.121. The molecule has 0 aromatic carbocycles. The van der Waals surface area contributed by atoms with Crippen LogP contribution in [0.1, 0.15) is 6.42 Å². The fraction of sp³-hybridized carbons (Fsp3) is 0.667. The Hall–Kier alpha value is -2.15. The summed E-state index contributed by atoms with van der Waals surface area (Å²) in [5, 5.41) is 16.3. The highest BCUT2D eigenvalue weighted by molar-refractivity contribution is 5.75. The highest BCUT2D eigenvalue weighted by Gasteiger charge is 2.01. The van der Waals surface area contributed by atoms with Gasteiger partial charge in [0.2, 0.25) is 5.91 Å². The third-order valence-electron chi connectivity index (χ3n) is 1.52. The molecule has 0 bridgehead atoms. The van der Waals surface area contributed by atoms with E-state index in [0.29, 0.717) is 19.5 Å². The van der Waals surface area contributed by atoms with Crippen LogP contribution >= 0.6 is 0 Å². The Morgan fingerprint density at radius 2 is 2.53 bits per heavy atom. The van der Waals surface area contributed by atoms with Crippen molar-refractivity contribution in [3.63, 3.8) is 0 Å². The van der Waals surface area contributed by atoms with E-state index in [1.165, 1.54) is 11.0 Å². The van der Waals surface area contributed by atoms with Gasteiger partial charge >= 0.3 is 0 Å². The fourth-order valence-electron chi connectivity index (χ4n) is 0.878. The van der Waals surface area contributed by atoms with E-state index in [1.54, 1.807) is 0 Å². The van der Waals surface area contributed by atoms with Crippen molar-refractivity contribution in [1.82, 2.24) is 25.5 Å². The second kappa shape index (κ2) is 6.33. The molecule has 0 aliphatic rings. The highest BCUT2D eigenvalue weighted by Crippen LogP contribution is 1.82. The Morgan fingerprint density at radius 1 is 1.67 bits per heavy atom. The lowest BCUT2D eigenvalue weighted by atomic mass is 10.4. The van der Waals surface area contributed by atoms with Crippen LogP contribution in [-0.4, -0.2) is 39.2 Å². The van der Waals surface area contributed by atoms with Crippen molar-refractivity contribution >= 4 is 5.91 Å². The van der Waals surface area contributed by atoms with E-state index in [2.05, 4.69) is 30.9 Å². The normalized spacial score (nSPS) is 9.33. The zero-order valence-corrected chi connectivity index (χ0v) is 7.94. The first-order valence-electron chi connectivity index (χ1n) is 4.31. The van der Waals surface area contributed by atoms with Crippen LogP contribution in [0.5, 0.6) is 0 Å². The number of nitrogens with zero attached hydrogens (tertiary/aromatic N) is 7. The molecular weight excluding hydrogens is 200 g/mol. The summed E-state index contributed by atoms with van der Waals surface area (Å²) >= 11 is 0. The molecule has 0 aliphatic heterocycles. The molecule has 1 aromatic heterocycles. The number of carbonyl (C=O) groups is 1. The predicted molar refractivity (Wildman–Crippen MR) is 49.5 cm³/mol. The number of carbonyl (C=O) groups excluding carboxylic acids is 1. The van der Waals surface area contributed by atoms with E-state index in [9.17, 15) is 4.79 Å². The van der Waals surface area contributed by atoms with Crippen LogP contribution < -0.4 is 5.32 Å². The number of hydrogen-bond acceptors (Lipinski definition) is 5. The maximum absolute atomic E-state index is 11.2. The molecule has 0 fully saturated rings. The van der Waals surface area contributed by atoms with Gasteiger partial charge in [-0.3, -0.25) is 4.79 Å². The largest absolute Gasteiger partial charge is 0.354 e. The van der Waals surface area contributed by atoms with E-state index in [-0.39, 0.29) is 12.5 Å². The molecule has 9 nitrogen and oxygen atoms in total. The molecule has 80 valence electrons. The smallest absolute Gasteiger partial charge is 0.241 e. The van der Waals surface area contributed by atoms with Crippen molar-refractivity contribution in [3.8, 4) is 0 Å². The van der Waals surface area contributed by atoms with Crippen LogP contribution in [0.4, 0.5) is 0 Å². The van der Waals surface area contributed by atoms with Crippen molar-refractivity contribution in [1.29, 1.82) is 0 Å². The summed E-state index contributed by atoms with van der Waals surface area (Å²) in [6, 6.07) is 0. The van der Waals surface area contributed by atoms with Crippen LogP contribution in [0.15, 0.2) is 11.4 Å². The van der Waals surface area contributed by atoms with E-state index in [0.717, 1.165) is 0 Å². The van der Waals surface area contributed by atoms with Gasteiger partial charge in [-0.05, 0) is 22.4 Å². The van der Waals surface area contributed by atoms with Gasteiger partial charge in [0.05, 0.1) is 0 Å². The van der Waals surface area contributed by atoms with Crippen molar-refractivity contribution < 1.29 is 4.79 Å². The average Bonchev–Trinajstić information content (AvgIpc) is 2.70. The van der Waals surface area contributed by atoms with Crippen molar-refractivity contribution in [3.05, 3.63) is 16.8 Å². The minimum Gasteiger partial charge on any atom is -0.354 e. The van der Waals surface area contributed by atoms with Gasteiger partial charge in [0.1, 0.15) is 12.9 Å². The second-order valence-corrected chi connectivity index (χ2v) is 2.67. The predicted octanol–water partition coefficient (Wildman–Crippen LogP) is -0.510. The topological polar surface area (TPSA) is 121 Å². The van der Waals surface area contributed by atoms with Crippen LogP contribution in [0, 0.1) is 0 Å². The molecule has 1 N–H and O–H groups in total. The van der Waals surface area contributed by atoms with Crippen molar-refractivity contribution in [2.45, 2.75) is 13.0 Å². The summed E-state index contributed by atoms with van der Waals surface area (Å²) < 4.78 is 1.32. The third kappa shape index (κ3) is 4.58. The lowest BCUT2D eigenvalue weighted by Crippen LogP contribution is -2.28. The average molecular weight is 210 g/mol. The van der Waals surface area contributed by atoms with Gasteiger partial charge in [-0.25, -0.2) is 4.68 Å². The lowest BCUT2D eigenvalue weighted by Gasteiger charge is -2.02. The first-order chi connectivity index (χ1) is 7.33. The molecule has 0 radical (unpaired) electrons. The maximum Gasteiger partial charge on any atom is 0.241 e. The molecule has 0 saturated heterocycles. The number of azide groups is 1. The second-order valence-electron chi connectivity index (χ2n) is 2.67. The summed E-state index contributed by atoms with van der Waals surface area (Å²) in [7, 11) is 0. The zero-order valence-electron chi connectivity index (χ0n) is 7.94. The SMILES string of the molecule is [N-]=[N+]=NCCCNC(=O)Cn1cnnn1. The van der Waals surface area contributed by atoms with Crippen LogP contribution in [-0.2, 0) is 11.3 Å².